The number of nitrogens with two attached hydrogens (primary N) is 1. The fourth-order valence-corrected chi connectivity index (χ4v) is 1.94. The lowest BCUT2D eigenvalue weighted by molar-refractivity contribution is 0.577. The van der Waals surface area contributed by atoms with Crippen molar-refractivity contribution in [3.8, 4) is 0 Å². The number of benzene rings is 2. The highest BCUT2D eigenvalue weighted by Gasteiger charge is 2.19. The topological polar surface area (TPSA) is 38.4 Å². The molecule has 0 aromatic heterocycles. The van der Waals surface area contributed by atoms with E-state index in [1.54, 1.807) is 0 Å². The molecule has 2 aromatic carbocycles. The average molecular weight is 266 g/mol. The van der Waals surface area contributed by atoms with E-state index in [2.05, 4.69) is 45.0 Å². The number of amidine groups is 1. The Morgan fingerprint density at radius 3 is 1.60 bits per heavy atom. The predicted octanol–water partition coefficient (Wildman–Crippen LogP) is 4.18. The maximum Gasteiger partial charge on any atom is 0.102 e. The number of nitrogens with zero attached hydrogens (tertiary/aromatic N) is 1. The summed E-state index contributed by atoms with van der Waals surface area (Å²) in [6.45, 7) is 6.25. The first-order valence-corrected chi connectivity index (χ1v) is 6.92. The third-order valence-electron chi connectivity index (χ3n) is 3.27. The number of aliphatic imine (C=N–C) groups is 1. The van der Waals surface area contributed by atoms with E-state index in [4.69, 9.17) is 10.7 Å². The minimum Gasteiger partial charge on any atom is -0.387 e. The van der Waals surface area contributed by atoms with Crippen LogP contribution in [-0.4, -0.2) is 5.84 Å². The van der Waals surface area contributed by atoms with Crippen molar-refractivity contribution in [2.24, 2.45) is 16.1 Å². The van der Waals surface area contributed by atoms with Crippen LogP contribution in [0.4, 0.5) is 0 Å². The second-order valence-corrected chi connectivity index (χ2v) is 5.99. The lowest BCUT2D eigenvalue weighted by atomic mass is 9.94. The van der Waals surface area contributed by atoms with Crippen LogP contribution in [0.2, 0.25) is 0 Å². The zero-order chi connectivity index (χ0) is 14.6. The van der Waals surface area contributed by atoms with Crippen molar-refractivity contribution < 1.29 is 0 Å². The van der Waals surface area contributed by atoms with Gasteiger partial charge in [0.2, 0.25) is 0 Å². The molecule has 0 aliphatic rings. The standard InChI is InChI=1S/C18H22N2/c1-18(2,3)17(19)20-16(14-10-6-4-7-11-14)15-12-8-5-9-13-15/h4-13,16H,1-3H3,(H2,19,20). The molecule has 0 bridgehead atoms. The summed E-state index contributed by atoms with van der Waals surface area (Å²) in [6.07, 6.45) is 0. The maximum absolute atomic E-state index is 6.18. The van der Waals surface area contributed by atoms with E-state index in [-0.39, 0.29) is 11.5 Å². The van der Waals surface area contributed by atoms with Crippen LogP contribution in [0.1, 0.15) is 37.9 Å². The molecule has 20 heavy (non-hydrogen) atoms. The monoisotopic (exact) mass is 266 g/mol. The van der Waals surface area contributed by atoms with Crippen LogP contribution in [0.5, 0.6) is 0 Å². The van der Waals surface area contributed by atoms with Gasteiger partial charge in [-0.15, -0.1) is 0 Å². The first-order valence-electron chi connectivity index (χ1n) is 6.92. The molecule has 0 heterocycles. The molecule has 0 saturated carbocycles. The van der Waals surface area contributed by atoms with Gasteiger partial charge in [-0.05, 0) is 11.1 Å². The average Bonchev–Trinajstić information content (AvgIpc) is 2.45. The minimum atomic E-state index is -0.123. The predicted molar refractivity (Wildman–Crippen MR) is 85.8 cm³/mol. The highest BCUT2D eigenvalue weighted by Crippen LogP contribution is 2.27. The molecule has 104 valence electrons. The van der Waals surface area contributed by atoms with Gasteiger partial charge in [0.05, 0.1) is 0 Å². The summed E-state index contributed by atoms with van der Waals surface area (Å²) >= 11 is 0. The van der Waals surface area contributed by atoms with Crippen LogP contribution in [-0.2, 0) is 0 Å². The SMILES string of the molecule is CC(C)(C)C(N)=NC(c1ccccc1)c1ccccc1. The molecule has 2 N–H and O–H groups in total. The molecule has 2 aromatic rings. The van der Waals surface area contributed by atoms with Crippen LogP contribution >= 0.6 is 0 Å². The Kier molecular flexibility index (Phi) is 4.23. The summed E-state index contributed by atoms with van der Waals surface area (Å²) in [5.74, 6) is 0.676. The van der Waals surface area contributed by atoms with Gasteiger partial charge >= 0.3 is 0 Å². The Bertz CT molecular complexity index is 526. The quantitative estimate of drug-likeness (QED) is 0.657. The van der Waals surface area contributed by atoms with Gasteiger partial charge in [0.25, 0.3) is 0 Å². The molecule has 0 saturated heterocycles. The zero-order valence-corrected chi connectivity index (χ0v) is 12.4. The van der Waals surface area contributed by atoms with E-state index in [0.29, 0.717) is 5.84 Å². The van der Waals surface area contributed by atoms with Crippen LogP contribution in [0.15, 0.2) is 65.7 Å². The summed E-state index contributed by atoms with van der Waals surface area (Å²) in [5, 5.41) is 0. The van der Waals surface area contributed by atoms with E-state index in [1.807, 2.05) is 36.4 Å². The van der Waals surface area contributed by atoms with Gasteiger partial charge in [0.15, 0.2) is 0 Å². The van der Waals surface area contributed by atoms with Gasteiger partial charge in [0.1, 0.15) is 11.9 Å². The molecule has 2 heteroatoms. The molecule has 2 nitrogen and oxygen atoms in total. The molecule has 0 spiro atoms. The first kappa shape index (κ1) is 14.3. The fourth-order valence-electron chi connectivity index (χ4n) is 1.94. The summed E-state index contributed by atoms with van der Waals surface area (Å²) in [4.78, 5) is 4.78. The van der Waals surface area contributed by atoms with Crippen LogP contribution < -0.4 is 5.73 Å². The Morgan fingerprint density at radius 1 is 0.850 bits per heavy atom. The third kappa shape index (κ3) is 3.47. The van der Waals surface area contributed by atoms with E-state index < -0.39 is 0 Å². The summed E-state index contributed by atoms with van der Waals surface area (Å²) < 4.78 is 0. The van der Waals surface area contributed by atoms with Gasteiger partial charge in [-0.2, -0.15) is 0 Å². The van der Waals surface area contributed by atoms with Gasteiger partial charge in [-0.25, -0.2) is 0 Å². The van der Waals surface area contributed by atoms with Gasteiger partial charge in [0, 0.05) is 5.41 Å². The normalized spacial score (nSPS) is 12.7. The first-order chi connectivity index (χ1) is 9.48. The van der Waals surface area contributed by atoms with Crippen molar-refractivity contribution in [2.45, 2.75) is 26.8 Å². The van der Waals surface area contributed by atoms with Gasteiger partial charge in [-0.3, -0.25) is 4.99 Å². The zero-order valence-electron chi connectivity index (χ0n) is 12.4. The van der Waals surface area contributed by atoms with Crippen molar-refractivity contribution in [3.05, 3.63) is 71.8 Å². The smallest absolute Gasteiger partial charge is 0.102 e. The van der Waals surface area contributed by atoms with Crippen molar-refractivity contribution in [2.75, 3.05) is 0 Å². The lowest BCUT2D eigenvalue weighted by Crippen LogP contribution is -2.29. The summed E-state index contributed by atoms with van der Waals surface area (Å²) in [7, 11) is 0. The van der Waals surface area contributed by atoms with Crippen LogP contribution in [0.3, 0.4) is 0 Å². The van der Waals surface area contributed by atoms with E-state index in [0.717, 1.165) is 11.1 Å². The second kappa shape index (κ2) is 5.91. The molecule has 0 aliphatic carbocycles. The summed E-state index contributed by atoms with van der Waals surface area (Å²) in [5.41, 5.74) is 8.37. The molecule has 0 amide bonds. The second-order valence-electron chi connectivity index (χ2n) is 5.99. The molecular formula is C18H22N2. The molecule has 2 rings (SSSR count). The van der Waals surface area contributed by atoms with E-state index in [9.17, 15) is 0 Å². The maximum atomic E-state index is 6.18. The van der Waals surface area contributed by atoms with Gasteiger partial charge < -0.3 is 5.73 Å². The largest absolute Gasteiger partial charge is 0.387 e. The molecular weight excluding hydrogens is 244 g/mol. The van der Waals surface area contributed by atoms with E-state index >= 15 is 0 Å². The van der Waals surface area contributed by atoms with E-state index in [1.165, 1.54) is 0 Å². The molecule has 0 radical (unpaired) electrons. The van der Waals surface area contributed by atoms with Crippen molar-refractivity contribution in [3.63, 3.8) is 0 Å². The highest BCUT2D eigenvalue weighted by atomic mass is 14.9. The van der Waals surface area contributed by atoms with Crippen LogP contribution in [0.25, 0.3) is 0 Å². The molecule has 0 unspecified atom stereocenters. The Morgan fingerprint density at radius 2 is 1.25 bits per heavy atom. The Hall–Kier alpha value is -2.09. The molecule has 0 aliphatic heterocycles. The number of hydrogen-bond donors (Lipinski definition) is 1. The minimum absolute atomic E-state index is 0.0448. The summed E-state index contributed by atoms with van der Waals surface area (Å²) in [6, 6.07) is 20.5. The van der Waals surface area contributed by atoms with Gasteiger partial charge in [-0.1, -0.05) is 81.4 Å². The molecule has 0 fully saturated rings. The number of hydrogen-bond acceptors (Lipinski definition) is 1. The molecule has 0 atom stereocenters. The van der Waals surface area contributed by atoms with Crippen molar-refractivity contribution >= 4 is 5.84 Å². The Balaban J connectivity index is 2.46. The van der Waals surface area contributed by atoms with Crippen molar-refractivity contribution in [1.29, 1.82) is 0 Å². The highest BCUT2D eigenvalue weighted by molar-refractivity contribution is 5.85. The third-order valence-corrected chi connectivity index (χ3v) is 3.27. The number of rotatable bonds is 3. The fraction of sp³-hybridized carbons (Fsp3) is 0.278. The lowest BCUT2D eigenvalue weighted by Gasteiger charge is -2.21. The van der Waals surface area contributed by atoms with Crippen molar-refractivity contribution in [1.82, 2.24) is 0 Å². The van der Waals surface area contributed by atoms with Crippen LogP contribution in [0, 0.1) is 5.41 Å². The Labute approximate surface area is 121 Å².